The number of benzene rings is 1. The molecule has 1 atom stereocenters. The van der Waals surface area contributed by atoms with Gasteiger partial charge in [0.15, 0.2) is 0 Å². The zero-order chi connectivity index (χ0) is 12.1. The summed E-state index contributed by atoms with van der Waals surface area (Å²) in [7, 11) is 0. The summed E-state index contributed by atoms with van der Waals surface area (Å²) in [6, 6.07) is 7.34. The molecule has 4 N–H and O–H groups in total. The van der Waals surface area contributed by atoms with Gasteiger partial charge in [-0.15, -0.1) is 0 Å². The molecule has 0 aliphatic heterocycles. The first-order valence-electron chi connectivity index (χ1n) is 5.42. The van der Waals surface area contributed by atoms with Gasteiger partial charge in [0.25, 0.3) is 0 Å². The molecule has 1 unspecified atom stereocenters. The fourth-order valence-electron chi connectivity index (χ4n) is 1.26. The van der Waals surface area contributed by atoms with Crippen LogP contribution in [0.1, 0.15) is 20.8 Å². The van der Waals surface area contributed by atoms with Crippen LogP contribution in [0.15, 0.2) is 24.3 Å². The zero-order valence-corrected chi connectivity index (χ0v) is 9.95. The van der Waals surface area contributed by atoms with E-state index in [1.807, 2.05) is 18.2 Å². The predicted molar refractivity (Wildman–Crippen MR) is 67.6 cm³/mol. The van der Waals surface area contributed by atoms with Crippen LogP contribution in [0.4, 0.5) is 16.2 Å². The number of carbonyl (C=O) groups excluding carboxylic acids is 1. The summed E-state index contributed by atoms with van der Waals surface area (Å²) in [4.78, 5) is 10.7. The number of urea groups is 1. The Bertz CT molecular complexity index is 363. The van der Waals surface area contributed by atoms with Gasteiger partial charge in [-0.3, -0.25) is 0 Å². The summed E-state index contributed by atoms with van der Waals surface area (Å²) in [5.41, 5.74) is 6.73. The van der Waals surface area contributed by atoms with E-state index in [0.717, 1.165) is 5.69 Å². The van der Waals surface area contributed by atoms with Crippen LogP contribution in [0, 0.1) is 5.92 Å². The van der Waals surface area contributed by atoms with Crippen LogP contribution in [-0.4, -0.2) is 12.1 Å². The molecule has 0 fully saturated rings. The van der Waals surface area contributed by atoms with Gasteiger partial charge in [0.2, 0.25) is 0 Å². The Labute approximate surface area is 96.2 Å². The van der Waals surface area contributed by atoms with Gasteiger partial charge >= 0.3 is 6.03 Å². The minimum Gasteiger partial charge on any atom is -0.382 e. The average Bonchev–Trinajstić information content (AvgIpc) is 2.16. The lowest BCUT2D eigenvalue weighted by Gasteiger charge is -2.19. The number of rotatable bonds is 4. The first-order valence-corrected chi connectivity index (χ1v) is 5.42. The van der Waals surface area contributed by atoms with Crippen LogP contribution in [0.25, 0.3) is 0 Å². The number of carbonyl (C=O) groups is 1. The molecule has 1 aromatic rings. The smallest absolute Gasteiger partial charge is 0.316 e. The Morgan fingerprint density at radius 3 is 2.44 bits per heavy atom. The maximum atomic E-state index is 10.7. The van der Waals surface area contributed by atoms with E-state index in [2.05, 4.69) is 31.4 Å². The van der Waals surface area contributed by atoms with E-state index >= 15 is 0 Å². The van der Waals surface area contributed by atoms with Gasteiger partial charge < -0.3 is 16.4 Å². The highest BCUT2D eigenvalue weighted by Gasteiger charge is 2.06. The first kappa shape index (κ1) is 12.4. The quantitative estimate of drug-likeness (QED) is 0.731. The Balaban J connectivity index is 2.70. The molecule has 0 aliphatic carbocycles. The van der Waals surface area contributed by atoms with Crippen molar-refractivity contribution in [3.05, 3.63) is 24.3 Å². The predicted octanol–water partition coefficient (Wildman–Crippen LogP) is 2.63. The molecule has 4 nitrogen and oxygen atoms in total. The third kappa shape index (κ3) is 3.81. The van der Waals surface area contributed by atoms with E-state index in [0.29, 0.717) is 17.6 Å². The van der Waals surface area contributed by atoms with Crippen LogP contribution in [0.3, 0.4) is 0 Å². The molecule has 0 saturated heterocycles. The van der Waals surface area contributed by atoms with Crippen molar-refractivity contribution in [1.29, 1.82) is 0 Å². The summed E-state index contributed by atoms with van der Waals surface area (Å²) in [5, 5.41) is 5.91. The van der Waals surface area contributed by atoms with Crippen LogP contribution >= 0.6 is 0 Å². The SMILES string of the molecule is CC(C)C(C)Nc1cccc(NC(N)=O)c1. The van der Waals surface area contributed by atoms with Gasteiger partial charge in [0.1, 0.15) is 0 Å². The number of nitrogens with one attached hydrogen (secondary N) is 2. The van der Waals surface area contributed by atoms with Crippen molar-refractivity contribution in [2.24, 2.45) is 11.7 Å². The molecular weight excluding hydrogens is 202 g/mol. The minimum atomic E-state index is -0.547. The molecule has 0 aliphatic rings. The molecule has 1 aromatic carbocycles. The van der Waals surface area contributed by atoms with E-state index in [9.17, 15) is 4.79 Å². The van der Waals surface area contributed by atoms with Gasteiger partial charge in [0.05, 0.1) is 0 Å². The van der Waals surface area contributed by atoms with Crippen molar-refractivity contribution in [2.45, 2.75) is 26.8 Å². The lowest BCUT2D eigenvalue weighted by molar-refractivity contribution is 0.259. The fourth-order valence-corrected chi connectivity index (χ4v) is 1.26. The standard InChI is InChI=1S/C12H19N3O/c1-8(2)9(3)14-10-5-4-6-11(7-10)15-12(13)16/h4-9,14H,1-3H3,(H3,13,15,16). The normalized spacial score (nSPS) is 12.2. The number of hydrogen-bond donors (Lipinski definition) is 3. The molecule has 2 amide bonds. The van der Waals surface area contributed by atoms with E-state index in [1.165, 1.54) is 0 Å². The summed E-state index contributed by atoms with van der Waals surface area (Å²) in [5.74, 6) is 0.549. The number of nitrogens with two attached hydrogens (primary N) is 1. The van der Waals surface area contributed by atoms with Crippen molar-refractivity contribution in [3.63, 3.8) is 0 Å². The van der Waals surface area contributed by atoms with Crippen molar-refractivity contribution in [2.75, 3.05) is 10.6 Å². The van der Waals surface area contributed by atoms with Gasteiger partial charge in [-0.05, 0) is 31.0 Å². The maximum absolute atomic E-state index is 10.7. The summed E-state index contributed by atoms with van der Waals surface area (Å²) in [6.07, 6.45) is 0. The third-order valence-corrected chi connectivity index (χ3v) is 2.52. The Kier molecular flexibility index (Phi) is 4.17. The highest BCUT2D eigenvalue weighted by Crippen LogP contribution is 2.17. The van der Waals surface area contributed by atoms with Crippen LogP contribution in [0.5, 0.6) is 0 Å². The number of primary amides is 1. The lowest BCUT2D eigenvalue weighted by Crippen LogP contribution is -2.22. The van der Waals surface area contributed by atoms with Gasteiger partial charge in [0, 0.05) is 17.4 Å². The van der Waals surface area contributed by atoms with Crippen LogP contribution in [-0.2, 0) is 0 Å². The monoisotopic (exact) mass is 221 g/mol. The minimum absolute atomic E-state index is 0.379. The molecule has 0 radical (unpaired) electrons. The highest BCUT2D eigenvalue weighted by molar-refractivity contribution is 5.88. The summed E-state index contributed by atoms with van der Waals surface area (Å²) >= 11 is 0. The molecule has 0 heterocycles. The average molecular weight is 221 g/mol. The van der Waals surface area contributed by atoms with Crippen LogP contribution in [0.2, 0.25) is 0 Å². The Hall–Kier alpha value is -1.71. The second-order valence-corrected chi connectivity index (χ2v) is 4.25. The second-order valence-electron chi connectivity index (χ2n) is 4.25. The maximum Gasteiger partial charge on any atom is 0.316 e. The highest BCUT2D eigenvalue weighted by atomic mass is 16.2. The molecule has 16 heavy (non-hydrogen) atoms. The van der Waals surface area contributed by atoms with Gasteiger partial charge in [-0.1, -0.05) is 19.9 Å². The number of hydrogen-bond acceptors (Lipinski definition) is 2. The van der Waals surface area contributed by atoms with Gasteiger partial charge in [-0.25, -0.2) is 4.79 Å². The lowest BCUT2D eigenvalue weighted by atomic mass is 10.1. The van der Waals surface area contributed by atoms with Crippen molar-refractivity contribution < 1.29 is 4.79 Å². The van der Waals surface area contributed by atoms with E-state index in [1.54, 1.807) is 6.07 Å². The van der Waals surface area contributed by atoms with Crippen molar-refractivity contribution in [1.82, 2.24) is 0 Å². The van der Waals surface area contributed by atoms with Crippen molar-refractivity contribution in [3.8, 4) is 0 Å². The van der Waals surface area contributed by atoms with Crippen molar-refractivity contribution >= 4 is 17.4 Å². The van der Waals surface area contributed by atoms with Gasteiger partial charge in [-0.2, -0.15) is 0 Å². The molecule has 0 saturated carbocycles. The van der Waals surface area contributed by atoms with Crippen LogP contribution < -0.4 is 16.4 Å². The molecular formula is C12H19N3O. The summed E-state index contributed by atoms with van der Waals surface area (Å²) in [6.45, 7) is 6.44. The summed E-state index contributed by atoms with van der Waals surface area (Å²) < 4.78 is 0. The second kappa shape index (κ2) is 5.39. The topological polar surface area (TPSA) is 67.2 Å². The molecule has 1 rings (SSSR count). The fraction of sp³-hybridized carbons (Fsp3) is 0.417. The third-order valence-electron chi connectivity index (χ3n) is 2.52. The Morgan fingerprint density at radius 2 is 1.88 bits per heavy atom. The molecule has 88 valence electrons. The number of anilines is 2. The largest absolute Gasteiger partial charge is 0.382 e. The zero-order valence-electron chi connectivity index (χ0n) is 9.95. The van der Waals surface area contributed by atoms with E-state index in [4.69, 9.17) is 5.73 Å². The van der Waals surface area contributed by atoms with E-state index < -0.39 is 6.03 Å². The molecule has 0 spiro atoms. The first-order chi connectivity index (χ1) is 7.49. The van der Waals surface area contributed by atoms with E-state index in [-0.39, 0.29) is 0 Å². The molecule has 0 aromatic heterocycles. The molecule has 0 bridgehead atoms. The molecule has 4 heteroatoms. The Morgan fingerprint density at radius 1 is 1.25 bits per heavy atom. The number of amides is 2.